The average molecular weight is 379 g/mol. The monoisotopic (exact) mass is 378 g/mol. The number of nitrogens with zero attached hydrogens (tertiary/aromatic N) is 1. The summed E-state index contributed by atoms with van der Waals surface area (Å²) < 4.78 is 0. The highest BCUT2D eigenvalue weighted by molar-refractivity contribution is 8.77. The minimum Gasteiger partial charge on any atom is -0.352 e. The van der Waals surface area contributed by atoms with Crippen molar-refractivity contribution in [3.63, 3.8) is 0 Å². The van der Waals surface area contributed by atoms with Gasteiger partial charge in [-0.15, -0.1) is 0 Å². The number of hydrogen-bond donors (Lipinski definition) is 1. The Morgan fingerprint density at radius 3 is 2.60 bits per heavy atom. The van der Waals surface area contributed by atoms with Crippen molar-refractivity contribution in [2.75, 3.05) is 18.8 Å². The molecule has 2 aliphatic heterocycles. The second kappa shape index (κ2) is 10.5. The van der Waals surface area contributed by atoms with Crippen molar-refractivity contribution in [2.45, 2.75) is 63.3 Å². The first kappa shape index (κ1) is 19.1. The van der Waals surface area contributed by atoms with Crippen LogP contribution in [0.3, 0.4) is 0 Å². The van der Waals surface area contributed by atoms with Crippen molar-refractivity contribution in [1.29, 1.82) is 0 Å². The van der Waals surface area contributed by atoms with E-state index < -0.39 is 0 Å². The Kier molecular flexibility index (Phi) is 8.02. The molecular formula is C20H30N2OS2. The number of rotatable bonds is 9. The minimum atomic E-state index is 0.189. The standard InChI is InChI=1S/C20H30N2OS2/c23-20(6-2-1-5-19-11-14-24-25-19)21-15-17-7-9-18(10-8-17)16-22-12-3-4-13-22/h7-10,19H,1-6,11-16H2,(H,21,23). The Labute approximate surface area is 160 Å². The summed E-state index contributed by atoms with van der Waals surface area (Å²) in [6.45, 7) is 4.18. The Morgan fingerprint density at radius 2 is 1.88 bits per heavy atom. The Bertz CT molecular complexity index is 523. The molecule has 2 aliphatic rings. The fraction of sp³-hybridized carbons (Fsp3) is 0.650. The molecular weight excluding hydrogens is 348 g/mol. The van der Waals surface area contributed by atoms with Gasteiger partial charge in [-0.1, -0.05) is 52.3 Å². The molecule has 1 aromatic carbocycles. The second-order valence-electron chi connectivity index (χ2n) is 7.15. The number of hydrogen-bond acceptors (Lipinski definition) is 4. The Hall–Kier alpha value is -0.650. The molecule has 0 saturated carbocycles. The number of unbranched alkanes of at least 4 members (excludes halogenated alkanes) is 1. The van der Waals surface area contributed by atoms with Gasteiger partial charge in [-0.3, -0.25) is 9.69 Å². The van der Waals surface area contributed by atoms with Gasteiger partial charge in [0.25, 0.3) is 0 Å². The maximum absolute atomic E-state index is 12.0. The van der Waals surface area contributed by atoms with Crippen LogP contribution < -0.4 is 5.32 Å². The molecule has 2 fully saturated rings. The van der Waals surface area contributed by atoms with Gasteiger partial charge in [0.2, 0.25) is 5.91 Å². The molecule has 1 aromatic rings. The largest absolute Gasteiger partial charge is 0.352 e. The smallest absolute Gasteiger partial charge is 0.220 e. The van der Waals surface area contributed by atoms with Gasteiger partial charge >= 0.3 is 0 Å². The van der Waals surface area contributed by atoms with Crippen molar-refractivity contribution in [3.05, 3.63) is 35.4 Å². The molecule has 3 nitrogen and oxygen atoms in total. The van der Waals surface area contributed by atoms with Crippen LogP contribution in [0.25, 0.3) is 0 Å². The van der Waals surface area contributed by atoms with Crippen molar-refractivity contribution >= 4 is 27.5 Å². The van der Waals surface area contributed by atoms with Crippen molar-refractivity contribution < 1.29 is 4.79 Å². The van der Waals surface area contributed by atoms with Crippen LogP contribution in [0, 0.1) is 0 Å². The summed E-state index contributed by atoms with van der Waals surface area (Å²) in [7, 11) is 4.03. The SMILES string of the molecule is O=C(CCCCC1CCSS1)NCc1ccc(CN2CCCC2)cc1. The summed E-state index contributed by atoms with van der Waals surface area (Å²) in [5.41, 5.74) is 2.57. The predicted octanol–water partition coefficient (Wildman–Crippen LogP) is 4.61. The van der Waals surface area contributed by atoms with Crippen molar-refractivity contribution in [2.24, 2.45) is 0 Å². The summed E-state index contributed by atoms with van der Waals surface area (Å²) in [6.07, 6.45) is 8.14. The van der Waals surface area contributed by atoms with E-state index in [1.165, 1.54) is 62.1 Å². The van der Waals surface area contributed by atoms with Crippen LogP contribution in [-0.4, -0.2) is 34.9 Å². The van der Waals surface area contributed by atoms with Crippen molar-refractivity contribution in [1.82, 2.24) is 10.2 Å². The van der Waals surface area contributed by atoms with Crippen LogP contribution in [0.1, 0.15) is 56.1 Å². The number of carbonyl (C=O) groups excluding carboxylic acids is 1. The highest BCUT2D eigenvalue weighted by Gasteiger charge is 2.16. The van der Waals surface area contributed by atoms with Crippen LogP contribution in [0.4, 0.5) is 0 Å². The molecule has 0 radical (unpaired) electrons. The summed E-state index contributed by atoms with van der Waals surface area (Å²) in [5, 5.41) is 3.89. The molecule has 1 amide bonds. The zero-order valence-electron chi connectivity index (χ0n) is 15.0. The van der Waals surface area contributed by atoms with Crippen LogP contribution in [0.2, 0.25) is 0 Å². The van der Waals surface area contributed by atoms with Crippen molar-refractivity contribution in [3.8, 4) is 0 Å². The molecule has 0 aromatic heterocycles. The number of amides is 1. The normalized spacial score (nSPS) is 20.9. The third kappa shape index (κ3) is 6.87. The van der Waals surface area contributed by atoms with Gasteiger partial charge in [0.1, 0.15) is 0 Å². The van der Waals surface area contributed by atoms with E-state index in [1.54, 1.807) is 0 Å². The molecule has 0 aliphatic carbocycles. The van der Waals surface area contributed by atoms with Crippen LogP contribution in [-0.2, 0) is 17.9 Å². The van der Waals surface area contributed by atoms with E-state index in [0.29, 0.717) is 13.0 Å². The van der Waals surface area contributed by atoms with Crippen LogP contribution >= 0.6 is 21.6 Å². The molecule has 0 bridgehead atoms. The van der Waals surface area contributed by atoms with E-state index in [-0.39, 0.29) is 5.91 Å². The van der Waals surface area contributed by atoms with Gasteiger partial charge in [0.15, 0.2) is 0 Å². The van der Waals surface area contributed by atoms with Gasteiger partial charge < -0.3 is 5.32 Å². The van der Waals surface area contributed by atoms with E-state index >= 15 is 0 Å². The number of carbonyl (C=O) groups is 1. The quantitative estimate of drug-likeness (QED) is 0.502. The summed E-state index contributed by atoms with van der Waals surface area (Å²) in [5.74, 6) is 1.49. The lowest BCUT2D eigenvalue weighted by Crippen LogP contribution is -2.22. The van der Waals surface area contributed by atoms with Gasteiger partial charge in [0, 0.05) is 30.5 Å². The molecule has 1 N–H and O–H groups in total. The molecule has 0 spiro atoms. The Balaban J connectivity index is 1.28. The van der Waals surface area contributed by atoms with E-state index in [4.69, 9.17) is 0 Å². The average Bonchev–Trinajstić information content (AvgIpc) is 3.32. The van der Waals surface area contributed by atoms with Gasteiger partial charge in [-0.25, -0.2) is 0 Å². The number of nitrogens with one attached hydrogen (secondary N) is 1. The highest BCUT2D eigenvalue weighted by atomic mass is 33.1. The molecule has 1 unspecified atom stereocenters. The second-order valence-corrected chi connectivity index (χ2v) is 9.94. The summed E-state index contributed by atoms with van der Waals surface area (Å²) >= 11 is 0. The fourth-order valence-electron chi connectivity index (χ4n) is 3.47. The molecule has 5 heteroatoms. The third-order valence-corrected chi connectivity index (χ3v) is 8.03. The lowest BCUT2D eigenvalue weighted by Gasteiger charge is -2.14. The van der Waals surface area contributed by atoms with E-state index in [0.717, 1.165) is 18.2 Å². The van der Waals surface area contributed by atoms with Gasteiger partial charge in [0.05, 0.1) is 0 Å². The topological polar surface area (TPSA) is 32.3 Å². The number of likely N-dealkylation sites (tertiary alicyclic amines) is 1. The number of benzene rings is 1. The first-order valence-corrected chi connectivity index (χ1v) is 12.0. The summed E-state index contributed by atoms with van der Waals surface area (Å²) in [6, 6.07) is 8.72. The predicted molar refractivity (Wildman–Crippen MR) is 110 cm³/mol. The van der Waals surface area contributed by atoms with E-state index in [2.05, 4.69) is 34.5 Å². The Morgan fingerprint density at radius 1 is 1.12 bits per heavy atom. The van der Waals surface area contributed by atoms with Gasteiger partial charge in [-0.05, 0) is 56.3 Å². The van der Waals surface area contributed by atoms with E-state index in [9.17, 15) is 4.79 Å². The van der Waals surface area contributed by atoms with Gasteiger partial charge in [-0.2, -0.15) is 0 Å². The maximum Gasteiger partial charge on any atom is 0.220 e. The lowest BCUT2D eigenvalue weighted by atomic mass is 10.1. The molecule has 25 heavy (non-hydrogen) atoms. The molecule has 138 valence electrons. The molecule has 3 rings (SSSR count). The fourth-order valence-corrected chi connectivity index (χ4v) is 6.50. The highest BCUT2D eigenvalue weighted by Crippen LogP contribution is 2.39. The van der Waals surface area contributed by atoms with E-state index in [1.807, 2.05) is 21.6 Å². The summed E-state index contributed by atoms with van der Waals surface area (Å²) in [4.78, 5) is 14.5. The molecule has 2 heterocycles. The maximum atomic E-state index is 12.0. The first-order valence-electron chi connectivity index (χ1n) is 9.65. The molecule has 2 saturated heterocycles. The van der Waals surface area contributed by atoms with Crippen LogP contribution in [0.5, 0.6) is 0 Å². The zero-order valence-corrected chi connectivity index (χ0v) is 16.7. The lowest BCUT2D eigenvalue weighted by molar-refractivity contribution is -0.121. The molecule has 1 atom stereocenters. The van der Waals surface area contributed by atoms with Crippen LogP contribution in [0.15, 0.2) is 24.3 Å². The minimum absolute atomic E-state index is 0.189. The zero-order chi connectivity index (χ0) is 17.3. The third-order valence-electron chi connectivity index (χ3n) is 5.02. The first-order chi connectivity index (χ1) is 12.3.